The Bertz CT molecular complexity index is 230. The van der Waals surface area contributed by atoms with Gasteiger partial charge in [0, 0.05) is 18.9 Å². The lowest BCUT2D eigenvalue weighted by Gasteiger charge is -2.22. The molecule has 2 N–H and O–H groups in total. The summed E-state index contributed by atoms with van der Waals surface area (Å²) >= 11 is 0. The average Bonchev–Trinajstić information content (AvgIpc) is 1.95. The molecule has 2 nitrogen and oxygen atoms in total. The molecule has 0 rings (SSSR count). The Balaban J connectivity index is 3.88. The Hall–Kier alpha value is -0.580. The minimum Gasteiger partial charge on any atom is -0.327 e. The van der Waals surface area contributed by atoms with Crippen LogP contribution in [0, 0.1) is 5.41 Å². The molecule has 0 bridgehead atoms. The van der Waals surface area contributed by atoms with E-state index in [1.807, 2.05) is 20.8 Å². The third-order valence-electron chi connectivity index (χ3n) is 2.05. The van der Waals surface area contributed by atoms with Gasteiger partial charge >= 0.3 is 6.18 Å². The molecule has 0 heterocycles. The van der Waals surface area contributed by atoms with E-state index in [9.17, 15) is 18.0 Å². The van der Waals surface area contributed by atoms with Gasteiger partial charge in [-0.2, -0.15) is 13.2 Å². The van der Waals surface area contributed by atoms with E-state index in [4.69, 9.17) is 5.73 Å². The van der Waals surface area contributed by atoms with Gasteiger partial charge in [-0.3, -0.25) is 4.79 Å². The summed E-state index contributed by atoms with van der Waals surface area (Å²) in [5.74, 6) is -0.408. The number of nitrogens with two attached hydrogens (primary N) is 1. The highest BCUT2D eigenvalue weighted by Gasteiger charge is 2.28. The molecule has 0 saturated carbocycles. The molecule has 96 valence electrons. The standard InChI is InChI=1S/C11H20F3NO/c1-10(2,3)7-8(15)6-9(16)4-5-11(12,13)14/h8H,4-7,15H2,1-3H3. The molecule has 16 heavy (non-hydrogen) atoms. The minimum atomic E-state index is -4.26. The van der Waals surface area contributed by atoms with Crippen LogP contribution in [0.25, 0.3) is 0 Å². The first-order valence-electron chi connectivity index (χ1n) is 5.34. The van der Waals surface area contributed by atoms with E-state index in [2.05, 4.69) is 0 Å². The van der Waals surface area contributed by atoms with Crippen LogP contribution in [0.1, 0.15) is 46.5 Å². The molecule has 0 fully saturated rings. The van der Waals surface area contributed by atoms with E-state index in [-0.39, 0.29) is 17.9 Å². The van der Waals surface area contributed by atoms with Crippen molar-refractivity contribution >= 4 is 5.78 Å². The predicted octanol–water partition coefficient (Wildman–Crippen LogP) is 3.05. The van der Waals surface area contributed by atoms with Crippen LogP contribution < -0.4 is 5.73 Å². The summed E-state index contributed by atoms with van der Waals surface area (Å²) in [5.41, 5.74) is 5.69. The van der Waals surface area contributed by atoms with Crippen molar-refractivity contribution in [3.05, 3.63) is 0 Å². The first-order chi connectivity index (χ1) is 6.99. The second-order valence-corrected chi connectivity index (χ2v) is 5.38. The third kappa shape index (κ3) is 9.96. The van der Waals surface area contributed by atoms with E-state index in [1.165, 1.54) is 0 Å². The number of carbonyl (C=O) groups is 1. The number of alkyl halides is 3. The van der Waals surface area contributed by atoms with Crippen LogP contribution in [-0.2, 0) is 4.79 Å². The minimum absolute atomic E-state index is 0.0102. The van der Waals surface area contributed by atoms with Crippen LogP contribution in [0.15, 0.2) is 0 Å². The summed E-state index contributed by atoms with van der Waals surface area (Å²) in [6.45, 7) is 5.94. The molecule has 5 heteroatoms. The Morgan fingerprint density at radius 1 is 1.25 bits per heavy atom. The monoisotopic (exact) mass is 239 g/mol. The molecule has 0 aliphatic carbocycles. The van der Waals surface area contributed by atoms with Gasteiger partial charge in [0.25, 0.3) is 0 Å². The number of rotatable bonds is 5. The smallest absolute Gasteiger partial charge is 0.327 e. The van der Waals surface area contributed by atoms with Gasteiger partial charge in [-0.25, -0.2) is 0 Å². The van der Waals surface area contributed by atoms with Gasteiger partial charge in [-0.15, -0.1) is 0 Å². The van der Waals surface area contributed by atoms with Gasteiger partial charge < -0.3 is 5.73 Å². The average molecular weight is 239 g/mol. The van der Waals surface area contributed by atoms with Crippen LogP contribution in [0.5, 0.6) is 0 Å². The molecule has 0 amide bonds. The van der Waals surface area contributed by atoms with Crippen molar-refractivity contribution in [1.29, 1.82) is 0 Å². The van der Waals surface area contributed by atoms with Crippen molar-refractivity contribution in [3.8, 4) is 0 Å². The maximum absolute atomic E-state index is 11.8. The largest absolute Gasteiger partial charge is 0.389 e. The Morgan fingerprint density at radius 3 is 2.12 bits per heavy atom. The van der Waals surface area contributed by atoms with Crippen LogP contribution in [0.4, 0.5) is 13.2 Å². The van der Waals surface area contributed by atoms with Gasteiger partial charge in [0.05, 0.1) is 6.42 Å². The first kappa shape index (κ1) is 15.4. The van der Waals surface area contributed by atoms with E-state index in [0.29, 0.717) is 6.42 Å². The number of Topliss-reactive ketones (excluding diaryl/α,β-unsaturated/α-hetero) is 1. The number of ketones is 1. The van der Waals surface area contributed by atoms with Crippen LogP contribution in [0.2, 0.25) is 0 Å². The Kier molecular flexibility index (Phi) is 5.46. The van der Waals surface area contributed by atoms with Crippen molar-refractivity contribution in [3.63, 3.8) is 0 Å². The number of carbonyl (C=O) groups excluding carboxylic acids is 1. The van der Waals surface area contributed by atoms with Crippen molar-refractivity contribution in [2.75, 3.05) is 0 Å². The molecule has 1 atom stereocenters. The van der Waals surface area contributed by atoms with Gasteiger partial charge in [0.2, 0.25) is 0 Å². The lowest BCUT2D eigenvalue weighted by molar-refractivity contribution is -0.143. The molecular weight excluding hydrogens is 219 g/mol. The summed E-state index contributed by atoms with van der Waals surface area (Å²) in [5, 5.41) is 0. The molecular formula is C11H20F3NO. The lowest BCUT2D eigenvalue weighted by Crippen LogP contribution is -2.29. The molecule has 0 aliphatic rings. The van der Waals surface area contributed by atoms with E-state index in [0.717, 1.165) is 0 Å². The SMILES string of the molecule is CC(C)(C)CC(N)CC(=O)CCC(F)(F)F. The first-order valence-corrected chi connectivity index (χ1v) is 5.34. The highest BCUT2D eigenvalue weighted by molar-refractivity contribution is 5.79. The van der Waals surface area contributed by atoms with Crippen molar-refractivity contribution in [1.82, 2.24) is 0 Å². The van der Waals surface area contributed by atoms with Gasteiger partial charge in [-0.05, 0) is 11.8 Å². The fourth-order valence-corrected chi connectivity index (χ4v) is 1.53. The highest BCUT2D eigenvalue weighted by Crippen LogP contribution is 2.24. The van der Waals surface area contributed by atoms with Gasteiger partial charge in [0.1, 0.15) is 5.78 Å². The fraction of sp³-hybridized carbons (Fsp3) is 0.909. The predicted molar refractivity (Wildman–Crippen MR) is 57.0 cm³/mol. The van der Waals surface area contributed by atoms with Crippen LogP contribution in [0.3, 0.4) is 0 Å². The maximum atomic E-state index is 11.8. The van der Waals surface area contributed by atoms with Crippen LogP contribution >= 0.6 is 0 Å². The second-order valence-electron chi connectivity index (χ2n) is 5.38. The molecule has 0 spiro atoms. The molecule has 0 saturated heterocycles. The summed E-state index contributed by atoms with van der Waals surface area (Å²) in [7, 11) is 0. The topological polar surface area (TPSA) is 43.1 Å². The lowest BCUT2D eigenvalue weighted by atomic mass is 9.86. The number of hydrogen-bond acceptors (Lipinski definition) is 2. The zero-order chi connectivity index (χ0) is 13.0. The summed E-state index contributed by atoms with van der Waals surface area (Å²) in [4.78, 5) is 11.2. The molecule has 0 radical (unpaired) electrons. The van der Waals surface area contributed by atoms with Crippen molar-refractivity contribution < 1.29 is 18.0 Å². The fourth-order valence-electron chi connectivity index (χ4n) is 1.53. The molecule has 0 aromatic rings. The molecule has 1 unspecified atom stereocenters. The number of halogens is 3. The highest BCUT2D eigenvalue weighted by atomic mass is 19.4. The molecule has 0 aliphatic heterocycles. The summed E-state index contributed by atoms with van der Waals surface area (Å²) < 4.78 is 35.5. The van der Waals surface area contributed by atoms with Crippen molar-refractivity contribution in [2.45, 2.75) is 58.7 Å². The normalized spacial score (nSPS) is 14.9. The second kappa shape index (κ2) is 5.66. The molecule has 0 aromatic carbocycles. The van der Waals surface area contributed by atoms with E-state index >= 15 is 0 Å². The quantitative estimate of drug-likeness (QED) is 0.801. The van der Waals surface area contributed by atoms with Crippen molar-refractivity contribution in [2.24, 2.45) is 11.1 Å². The zero-order valence-electron chi connectivity index (χ0n) is 10.0. The maximum Gasteiger partial charge on any atom is 0.389 e. The summed E-state index contributed by atoms with van der Waals surface area (Å²) in [6, 6.07) is -0.347. The third-order valence-corrected chi connectivity index (χ3v) is 2.05. The van der Waals surface area contributed by atoms with E-state index < -0.39 is 24.8 Å². The Labute approximate surface area is 94.4 Å². The molecule has 0 aromatic heterocycles. The van der Waals surface area contributed by atoms with Gasteiger partial charge in [-0.1, -0.05) is 20.8 Å². The Morgan fingerprint density at radius 2 is 1.75 bits per heavy atom. The zero-order valence-corrected chi connectivity index (χ0v) is 10.0. The number of hydrogen-bond donors (Lipinski definition) is 1. The van der Waals surface area contributed by atoms with E-state index in [1.54, 1.807) is 0 Å². The van der Waals surface area contributed by atoms with Crippen LogP contribution in [-0.4, -0.2) is 18.0 Å². The summed E-state index contributed by atoms with van der Waals surface area (Å²) in [6.07, 6.45) is -5.10. The van der Waals surface area contributed by atoms with Gasteiger partial charge in [0.15, 0.2) is 0 Å².